The van der Waals surface area contributed by atoms with Gasteiger partial charge in [-0.05, 0) is 36.0 Å². The zero-order valence-corrected chi connectivity index (χ0v) is 20.7. The number of carbonyl (C=O) groups excluding carboxylic acids is 1. The molecular weight excluding hydrogens is 472 g/mol. The van der Waals surface area contributed by atoms with Gasteiger partial charge in [0.25, 0.3) is 0 Å². The van der Waals surface area contributed by atoms with Gasteiger partial charge in [-0.1, -0.05) is 91.0 Å². The van der Waals surface area contributed by atoms with E-state index in [1.54, 1.807) is 6.26 Å². The second-order valence-electron chi connectivity index (χ2n) is 8.93. The van der Waals surface area contributed by atoms with Gasteiger partial charge in [-0.15, -0.1) is 11.8 Å². The summed E-state index contributed by atoms with van der Waals surface area (Å²) in [6.07, 6.45) is 3.69. The van der Waals surface area contributed by atoms with Gasteiger partial charge in [-0.25, -0.2) is 4.79 Å². The van der Waals surface area contributed by atoms with Gasteiger partial charge in [0.05, 0.1) is 11.7 Å². The Kier molecular flexibility index (Phi) is 7.33. The molecular formula is C30H28O5S. The van der Waals surface area contributed by atoms with Gasteiger partial charge in [-0.3, -0.25) is 0 Å². The maximum Gasteiger partial charge on any atom is 0.349 e. The normalized spacial score (nSPS) is 20.2. The number of ether oxygens (including phenoxy) is 3. The van der Waals surface area contributed by atoms with E-state index in [9.17, 15) is 9.90 Å². The minimum absolute atomic E-state index is 0.0470. The van der Waals surface area contributed by atoms with Crippen LogP contribution in [0.25, 0.3) is 0 Å². The van der Waals surface area contributed by atoms with E-state index in [2.05, 4.69) is 12.1 Å². The van der Waals surface area contributed by atoms with Crippen molar-refractivity contribution in [1.82, 2.24) is 0 Å². The quantitative estimate of drug-likeness (QED) is 0.342. The van der Waals surface area contributed by atoms with Crippen LogP contribution in [0.15, 0.2) is 114 Å². The number of hydrogen-bond donors (Lipinski definition) is 1. The number of aliphatic hydroxyl groups is 1. The molecule has 36 heavy (non-hydrogen) atoms. The minimum atomic E-state index is -0.941. The molecule has 5 rings (SSSR count). The molecule has 0 amide bonds. The molecule has 0 spiro atoms. The third-order valence-electron chi connectivity index (χ3n) is 6.48. The number of cyclic esters (lactones) is 1. The molecule has 0 fully saturated rings. The van der Waals surface area contributed by atoms with Crippen LogP contribution in [0.1, 0.15) is 29.5 Å². The summed E-state index contributed by atoms with van der Waals surface area (Å²) in [6.45, 7) is 0.146. The Labute approximate surface area is 215 Å². The lowest BCUT2D eigenvalue weighted by Crippen LogP contribution is -2.38. The molecule has 2 atom stereocenters. The zero-order valence-electron chi connectivity index (χ0n) is 19.8. The smallest absolute Gasteiger partial charge is 0.349 e. The molecule has 3 aromatic rings. The van der Waals surface area contributed by atoms with Crippen molar-refractivity contribution in [2.75, 3.05) is 6.79 Å². The van der Waals surface area contributed by atoms with Crippen molar-refractivity contribution in [3.8, 4) is 0 Å². The van der Waals surface area contributed by atoms with Gasteiger partial charge in [-0.2, -0.15) is 0 Å². The molecule has 0 bridgehead atoms. The summed E-state index contributed by atoms with van der Waals surface area (Å²) in [5, 5.41) is 11.0. The summed E-state index contributed by atoms with van der Waals surface area (Å²) in [6, 6.07) is 29.8. The van der Waals surface area contributed by atoms with Crippen LogP contribution in [-0.2, 0) is 37.4 Å². The summed E-state index contributed by atoms with van der Waals surface area (Å²) >= 11 is 1.27. The summed E-state index contributed by atoms with van der Waals surface area (Å²) in [5.41, 5.74) is 2.18. The van der Waals surface area contributed by atoms with Crippen molar-refractivity contribution in [3.05, 3.63) is 130 Å². The average Bonchev–Trinajstić information content (AvgIpc) is 3.46. The highest BCUT2D eigenvalue weighted by atomic mass is 32.2. The Morgan fingerprint density at radius 2 is 1.53 bits per heavy atom. The molecule has 2 heterocycles. The number of esters is 1. The molecule has 184 valence electrons. The fourth-order valence-corrected chi connectivity index (χ4v) is 5.76. The molecule has 5 nitrogen and oxygen atoms in total. The molecule has 2 unspecified atom stereocenters. The molecule has 0 saturated carbocycles. The van der Waals surface area contributed by atoms with Crippen LogP contribution in [0.3, 0.4) is 0 Å². The Hall–Kier alpha value is -3.64. The van der Waals surface area contributed by atoms with Crippen LogP contribution >= 0.6 is 11.8 Å². The second kappa shape index (κ2) is 11.0. The van der Waals surface area contributed by atoms with Crippen molar-refractivity contribution >= 4 is 17.7 Å². The Balaban J connectivity index is 1.42. The first-order valence-corrected chi connectivity index (χ1v) is 12.9. The third-order valence-corrected chi connectivity index (χ3v) is 7.80. The van der Waals surface area contributed by atoms with Gasteiger partial charge in [0, 0.05) is 0 Å². The number of aliphatic hydroxyl groups excluding tert-OH is 1. The number of aryl methyl sites for hydroxylation is 1. The molecule has 0 aliphatic carbocycles. The highest BCUT2D eigenvalue weighted by molar-refractivity contribution is 8.04. The Morgan fingerprint density at radius 3 is 2.14 bits per heavy atom. The number of rotatable bonds is 9. The minimum Gasteiger partial charge on any atom is -0.511 e. The fourth-order valence-electron chi connectivity index (χ4n) is 4.61. The lowest BCUT2D eigenvalue weighted by molar-refractivity contribution is -0.160. The standard InChI is InChI=1S/C30H28O5S/c31-25-19-30(24-14-8-3-9-15-24,17-16-22-10-4-1-5-11-22)35-29(32)28(25)36-27(26-20-33-21-34-26)18-23-12-6-2-7-13-23/h1-15,20,27,31H,16-19,21H2. The molecule has 2 aliphatic heterocycles. The van der Waals surface area contributed by atoms with E-state index in [4.69, 9.17) is 14.2 Å². The summed E-state index contributed by atoms with van der Waals surface area (Å²) in [7, 11) is 0. The SMILES string of the molecule is O=C1OC(CCc2ccccc2)(c2ccccc2)CC(O)=C1SC(Cc1ccccc1)C1=COCO1. The first-order valence-electron chi connectivity index (χ1n) is 12.0. The molecule has 0 saturated heterocycles. The molecule has 0 radical (unpaired) electrons. The van der Waals surface area contributed by atoms with Crippen LogP contribution in [0.5, 0.6) is 0 Å². The van der Waals surface area contributed by atoms with E-state index >= 15 is 0 Å². The van der Waals surface area contributed by atoms with Crippen molar-refractivity contribution < 1.29 is 24.1 Å². The van der Waals surface area contributed by atoms with E-state index in [1.165, 1.54) is 11.8 Å². The number of hydrogen-bond acceptors (Lipinski definition) is 6. The van der Waals surface area contributed by atoms with Gasteiger partial charge in [0.1, 0.15) is 28.3 Å². The Bertz CT molecular complexity index is 1240. The van der Waals surface area contributed by atoms with E-state index < -0.39 is 11.6 Å². The number of thioether (sulfide) groups is 1. The predicted octanol–water partition coefficient (Wildman–Crippen LogP) is 6.42. The van der Waals surface area contributed by atoms with E-state index in [1.807, 2.05) is 78.9 Å². The maximum atomic E-state index is 13.5. The van der Waals surface area contributed by atoms with E-state index in [0.717, 1.165) is 16.7 Å². The third kappa shape index (κ3) is 5.44. The van der Waals surface area contributed by atoms with Gasteiger partial charge in [0.2, 0.25) is 6.79 Å². The predicted molar refractivity (Wildman–Crippen MR) is 140 cm³/mol. The molecule has 2 aliphatic rings. The fraction of sp³-hybridized carbons (Fsp3) is 0.233. The summed E-state index contributed by atoms with van der Waals surface area (Å²) < 4.78 is 17.2. The monoisotopic (exact) mass is 500 g/mol. The van der Waals surface area contributed by atoms with E-state index in [0.29, 0.717) is 25.0 Å². The topological polar surface area (TPSA) is 65.0 Å². The van der Waals surface area contributed by atoms with Gasteiger partial charge >= 0.3 is 5.97 Å². The van der Waals surface area contributed by atoms with Crippen molar-refractivity contribution in [1.29, 1.82) is 0 Å². The first-order chi connectivity index (χ1) is 17.6. The molecule has 1 N–H and O–H groups in total. The van der Waals surface area contributed by atoms with Crippen LogP contribution in [-0.4, -0.2) is 23.1 Å². The van der Waals surface area contributed by atoms with Gasteiger partial charge < -0.3 is 19.3 Å². The molecule has 6 heteroatoms. The van der Waals surface area contributed by atoms with E-state index in [-0.39, 0.29) is 29.1 Å². The van der Waals surface area contributed by atoms with Gasteiger partial charge in [0.15, 0.2) is 0 Å². The lowest BCUT2D eigenvalue weighted by atomic mass is 9.82. The summed E-state index contributed by atoms with van der Waals surface area (Å²) in [4.78, 5) is 13.7. The number of benzene rings is 3. The molecule has 3 aromatic carbocycles. The summed E-state index contributed by atoms with van der Waals surface area (Å²) in [5.74, 6) is 0.171. The second-order valence-corrected chi connectivity index (χ2v) is 10.1. The Morgan fingerprint density at radius 1 is 0.889 bits per heavy atom. The van der Waals surface area contributed by atoms with Crippen LogP contribution in [0.4, 0.5) is 0 Å². The highest BCUT2D eigenvalue weighted by Crippen LogP contribution is 2.45. The van der Waals surface area contributed by atoms with Crippen LogP contribution in [0, 0.1) is 0 Å². The molecule has 0 aromatic heterocycles. The number of carbonyl (C=O) groups is 1. The average molecular weight is 501 g/mol. The maximum absolute atomic E-state index is 13.5. The van der Waals surface area contributed by atoms with Crippen molar-refractivity contribution in [3.63, 3.8) is 0 Å². The first kappa shape index (κ1) is 24.1. The van der Waals surface area contributed by atoms with Crippen molar-refractivity contribution in [2.24, 2.45) is 0 Å². The highest BCUT2D eigenvalue weighted by Gasteiger charge is 2.44. The van der Waals surface area contributed by atoms with Crippen LogP contribution < -0.4 is 0 Å². The van der Waals surface area contributed by atoms with Crippen LogP contribution in [0.2, 0.25) is 0 Å². The zero-order chi connectivity index (χ0) is 24.8. The largest absolute Gasteiger partial charge is 0.511 e. The lowest BCUT2D eigenvalue weighted by Gasteiger charge is -2.38. The van der Waals surface area contributed by atoms with Crippen molar-refractivity contribution in [2.45, 2.75) is 36.5 Å².